The number of nitrogens with zero attached hydrogens (tertiary/aromatic N) is 1. The lowest BCUT2D eigenvalue weighted by atomic mass is 10.3. The Morgan fingerprint density at radius 3 is 2.46 bits per heavy atom. The normalized spacial score (nSPS) is 15.3. The Labute approximate surface area is 165 Å². The van der Waals surface area contributed by atoms with Crippen LogP contribution in [0.2, 0.25) is 0 Å². The van der Waals surface area contributed by atoms with Crippen LogP contribution in [0.4, 0.5) is 0 Å². The first-order valence-electron chi connectivity index (χ1n) is 9.58. The molecule has 0 unspecified atom stereocenters. The topological polar surface area (TPSA) is 54.9 Å². The number of hydrogen-bond acceptors (Lipinski definition) is 3. The molecule has 1 aliphatic carbocycles. The number of ether oxygens (including phenoxy) is 2. The van der Waals surface area contributed by atoms with Gasteiger partial charge in [0.15, 0.2) is 5.96 Å². The number of unbranched alkanes of at least 4 members (excludes halogenated alkanes) is 1. The lowest BCUT2D eigenvalue weighted by Crippen LogP contribution is -2.38. The largest absolute Gasteiger partial charge is 0.381 e. The average Bonchev–Trinajstić information content (AvgIpc) is 3.07. The number of nitrogens with one attached hydrogen (secondary N) is 2. The molecule has 0 amide bonds. The number of guanidine groups is 1. The van der Waals surface area contributed by atoms with E-state index in [2.05, 4.69) is 29.5 Å². The van der Waals surface area contributed by atoms with E-state index in [1.165, 1.54) is 32.1 Å². The van der Waals surface area contributed by atoms with Crippen molar-refractivity contribution in [1.82, 2.24) is 10.6 Å². The molecule has 0 saturated heterocycles. The van der Waals surface area contributed by atoms with Crippen LogP contribution in [0.1, 0.15) is 65.2 Å². The number of hydrogen-bond donors (Lipinski definition) is 2. The highest BCUT2D eigenvalue weighted by Gasteiger charge is 2.14. The van der Waals surface area contributed by atoms with Gasteiger partial charge in [-0.25, -0.2) is 0 Å². The molecule has 0 aromatic carbocycles. The van der Waals surface area contributed by atoms with E-state index in [9.17, 15) is 0 Å². The van der Waals surface area contributed by atoms with Gasteiger partial charge in [0.2, 0.25) is 0 Å². The molecule has 0 aliphatic heterocycles. The fraction of sp³-hybridized carbons (Fsp3) is 0.944. The van der Waals surface area contributed by atoms with E-state index in [0.717, 1.165) is 64.7 Å². The van der Waals surface area contributed by atoms with Gasteiger partial charge in [-0.2, -0.15) is 0 Å². The quantitative estimate of drug-likeness (QED) is 0.192. The summed E-state index contributed by atoms with van der Waals surface area (Å²) in [6.45, 7) is 9.40. The average molecular weight is 455 g/mol. The van der Waals surface area contributed by atoms with E-state index in [4.69, 9.17) is 9.47 Å². The van der Waals surface area contributed by atoms with Crippen molar-refractivity contribution in [3.05, 3.63) is 0 Å². The monoisotopic (exact) mass is 455 g/mol. The first kappa shape index (κ1) is 23.9. The predicted molar refractivity (Wildman–Crippen MR) is 113 cm³/mol. The maximum atomic E-state index is 5.87. The zero-order chi connectivity index (χ0) is 16.6. The Hall–Kier alpha value is -0.0800. The van der Waals surface area contributed by atoms with Crippen LogP contribution in [0.25, 0.3) is 0 Å². The second kappa shape index (κ2) is 17.7. The highest BCUT2D eigenvalue weighted by Crippen LogP contribution is 2.20. The van der Waals surface area contributed by atoms with E-state index in [1.807, 2.05) is 0 Å². The molecule has 0 atom stereocenters. The fourth-order valence-electron chi connectivity index (χ4n) is 2.63. The summed E-state index contributed by atoms with van der Waals surface area (Å²) in [5, 5.41) is 6.66. The maximum absolute atomic E-state index is 5.87. The second-order valence-corrected chi connectivity index (χ2v) is 6.14. The summed E-state index contributed by atoms with van der Waals surface area (Å²) in [5.74, 6) is 0.905. The molecule has 5 nitrogen and oxygen atoms in total. The molecule has 1 rings (SSSR count). The van der Waals surface area contributed by atoms with E-state index in [1.54, 1.807) is 0 Å². The van der Waals surface area contributed by atoms with E-state index in [0.29, 0.717) is 6.10 Å². The van der Waals surface area contributed by atoms with Crippen LogP contribution < -0.4 is 10.6 Å². The predicted octanol–water partition coefficient (Wildman–Crippen LogP) is 3.72. The van der Waals surface area contributed by atoms with Crippen LogP contribution in [0, 0.1) is 0 Å². The highest BCUT2D eigenvalue weighted by atomic mass is 127. The molecule has 6 heteroatoms. The minimum Gasteiger partial charge on any atom is -0.381 e. The molecule has 1 saturated carbocycles. The third-order valence-electron chi connectivity index (χ3n) is 3.97. The third-order valence-corrected chi connectivity index (χ3v) is 3.97. The van der Waals surface area contributed by atoms with Crippen LogP contribution in [0.5, 0.6) is 0 Å². The molecule has 0 aromatic heterocycles. The zero-order valence-electron chi connectivity index (χ0n) is 15.6. The van der Waals surface area contributed by atoms with Crippen LogP contribution in [0.3, 0.4) is 0 Å². The van der Waals surface area contributed by atoms with Gasteiger partial charge in [-0.1, -0.05) is 26.2 Å². The number of halogens is 1. The van der Waals surface area contributed by atoms with Crippen LogP contribution in [-0.2, 0) is 9.47 Å². The fourth-order valence-corrected chi connectivity index (χ4v) is 2.63. The van der Waals surface area contributed by atoms with E-state index < -0.39 is 0 Å². The first-order chi connectivity index (χ1) is 11.4. The van der Waals surface area contributed by atoms with Gasteiger partial charge < -0.3 is 20.1 Å². The summed E-state index contributed by atoms with van der Waals surface area (Å²) >= 11 is 0. The molecule has 144 valence electrons. The minimum absolute atomic E-state index is 0. The van der Waals surface area contributed by atoms with E-state index >= 15 is 0 Å². The Bertz CT molecular complexity index is 298. The van der Waals surface area contributed by atoms with Crippen molar-refractivity contribution < 1.29 is 9.47 Å². The number of rotatable bonds is 13. The molecule has 24 heavy (non-hydrogen) atoms. The van der Waals surface area contributed by atoms with Gasteiger partial charge in [-0.05, 0) is 39.0 Å². The molecule has 0 aromatic rings. The highest BCUT2D eigenvalue weighted by molar-refractivity contribution is 14.0. The van der Waals surface area contributed by atoms with Gasteiger partial charge in [-0.3, -0.25) is 4.99 Å². The van der Waals surface area contributed by atoms with Crippen LogP contribution in [-0.4, -0.2) is 51.5 Å². The Kier molecular flexibility index (Phi) is 17.7. The van der Waals surface area contributed by atoms with Crippen molar-refractivity contribution >= 4 is 29.9 Å². The maximum Gasteiger partial charge on any atom is 0.191 e. The molecule has 0 heterocycles. The van der Waals surface area contributed by atoms with Crippen LogP contribution in [0.15, 0.2) is 4.99 Å². The van der Waals surface area contributed by atoms with Gasteiger partial charge in [0.25, 0.3) is 0 Å². The molecule has 0 spiro atoms. The molecule has 0 bridgehead atoms. The lowest BCUT2D eigenvalue weighted by molar-refractivity contribution is 0.0574. The van der Waals surface area contributed by atoms with E-state index in [-0.39, 0.29) is 24.0 Å². The molecule has 2 N–H and O–H groups in total. The zero-order valence-corrected chi connectivity index (χ0v) is 18.0. The smallest absolute Gasteiger partial charge is 0.191 e. The van der Waals surface area contributed by atoms with Crippen LogP contribution >= 0.6 is 24.0 Å². The van der Waals surface area contributed by atoms with Gasteiger partial charge >= 0.3 is 0 Å². The Morgan fingerprint density at radius 1 is 1.00 bits per heavy atom. The molecular formula is C18H38IN3O2. The standard InChI is InChI=1S/C18H37N3O2.HI/c1-3-5-14-22-15-8-12-20-18(19-4-2)21-13-9-16-23-17-10-6-7-11-17;/h17H,3-16H2,1-2H3,(H2,19,20,21);1H. The van der Waals surface area contributed by atoms with Crippen molar-refractivity contribution in [1.29, 1.82) is 0 Å². The first-order valence-corrected chi connectivity index (χ1v) is 9.58. The molecule has 0 radical (unpaired) electrons. The Morgan fingerprint density at radius 2 is 1.75 bits per heavy atom. The van der Waals surface area contributed by atoms with Crippen molar-refractivity contribution in [3.8, 4) is 0 Å². The van der Waals surface area contributed by atoms with Gasteiger partial charge in [-0.15, -0.1) is 24.0 Å². The minimum atomic E-state index is 0. The summed E-state index contributed by atoms with van der Waals surface area (Å²) in [6.07, 6.45) is 10.0. The SMILES string of the molecule is CCCCOCCCN=C(NCC)NCCCOC1CCCC1.I. The van der Waals surface area contributed by atoms with Crippen molar-refractivity contribution in [3.63, 3.8) is 0 Å². The summed E-state index contributed by atoms with van der Waals surface area (Å²) in [4.78, 5) is 4.58. The van der Waals surface area contributed by atoms with Crippen molar-refractivity contribution in [2.45, 2.75) is 71.3 Å². The molecule has 1 fully saturated rings. The Balaban J connectivity index is 0.00000529. The van der Waals surface area contributed by atoms with Gasteiger partial charge in [0, 0.05) is 39.5 Å². The molecule has 1 aliphatic rings. The van der Waals surface area contributed by atoms with Crippen molar-refractivity contribution in [2.24, 2.45) is 4.99 Å². The van der Waals surface area contributed by atoms with Crippen molar-refractivity contribution in [2.75, 3.05) is 39.5 Å². The third kappa shape index (κ3) is 13.2. The lowest BCUT2D eigenvalue weighted by Gasteiger charge is -2.13. The summed E-state index contributed by atoms with van der Waals surface area (Å²) in [5.41, 5.74) is 0. The second-order valence-electron chi connectivity index (χ2n) is 6.14. The summed E-state index contributed by atoms with van der Waals surface area (Å²) in [7, 11) is 0. The van der Waals surface area contributed by atoms with Gasteiger partial charge in [0.05, 0.1) is 6.10 Å². The summed E-state index contributed by atoms with van der Waals surface area (Å²) in [6, 6.07) is 0. The molecular weight excluding hydrogens is 417 g/mol. The summed E-state index contributed by atoms with van der Waals surface area (Å²) < 4.78 is 11.4. The van der Waals surface area contributed by atoms with Gasteiger partial charge in [0.1, 0.15) is 0 Å². The number of aliphatic imine (C=N–C) groups is 1.